The molecule has 11 heteroatoms. The Balaban J connectivity index is 1.51. The van der Waals surface area contributed by atoms with Crippen molar-refractivity contribution in [3.63, 3.8) is 0 Å². The molecule has 40 heavy (non-hydrogen) atoms. The predicted molar refractivity (Wildman–Crippen MR) is 138 cm³/mol. The van der Waals surface area contributed by atoms with Crippen molar-refractivity contribution in [3.05, 3.63) is 41.0 Å². The summed E-state index contributed by atoms with van der Waals surface area (Å²) in [7, 11) is 0. The van der Waals surface area contributed by atoms with Gasteiger partial charge < -0.3 is 15.3 Å². The van der Waals surface area contributed by atoms with Crippen LogP contribution in [0.25, 0.3) is 0 Å². The van der Waals surface area contributed by atoms with Crippen molar-refractivity contribution in [2.45, 2.75) is 51.4 Å². The van der Waals surface area contributed by atoms with Gasteiger partial charge in [0, 0.05) is 31.8 Å². The van der Waals surface area contributed by atoms with E-state index in [0.29, 0.717) is 12.0 Å². The summed E-state index contributed by atoms with van der Waals surface area (Å²) in [5.74, 6) is -7.21. The smallest absolute Gasteiger partial charge is 0.303 e. The zero-order chi connectivity index (χ0) is 28.9. The van der Waals surface area contributed by atoms with Gasteiger partial charge in [-0.25, -0.2) is 0 Å². The third-order valence-corrected chi connectivity index (χ3v) is 8.96. The molecule has 0 bridgehead atoms. The number of nitrogens with zero attached hydrogens (tertiary/aromatic N) is 2. The number of phenolic OH excluding ortho intramolecular Hbond substituents is 1. The third kappa shape index (κ3) is 4.56. The SMILES string of the molecule is Cc1cc(C2C3=CCC4C(=O)N(CCCC(=O)O)C(=O)C4C3CC3C(=O)N(CCCC(=O)O)C(=O)C32)ccc1O. The van der Waals surface area contributed by atoms with Gasteiger partial charge in [0.15, 0.2) is 0 Å². The fourth-order valence-corrected chi connectivity index (χ4v) is 7.18. The molecular formula is C29H32N2O9. The summed E-state index contributed by atoms with van der Waals surface area (Å²) < 4.78 is 0. The highest BCUT2D eigenvalue weighted by Crippen LogP contribution is 2.58. The number of aromatic hydroxyl groups is 1. The first-order chi connectivity index (χ1) is 19.0. The highest BCUT2D eigenvalue weighted by molar-refractivity contribution is 6.08. The maximum atomic E-state index is 13.7. The van der Waals surface area contributed by atoms with Gasteiger partial charge in [0.25, 0.3) is 0 Å². The Morgan fingerprint density at radius 3 is 1.98 bits per heavy atom. The molecule has 1 saturated carbocycles. The van der Waals surface area contributed by atoms with Crippen LogP contribution in [-0.2, 0) is 28.8 Å². The van der Waals surface area contributed by atoms with Crippen molar-refractivity contribution < 1.29 is 44.1 Å². The first kappa shape index (κ1) is 27.5. The zero-order valence-electron chi connectivity index (χ0n) is 22.1. The van der Waals surface area contributed by atoms with Crippen molar-refractivity contribution >= 4 is 35.6 Å². The number of rotatable bonds is 9. The van der Waals surface area contributed by atoms with Gasteiger partial charge in [0.05, 0.1) is 23.7 Å². The van der Waals surface area contributed by atoms with Crippen LogP contribution < -0.4 is 0 Å². The molecule has 5 rings (SSSR count). The van der Waals surface area contributed by atoms with Gasteiger partial charge >= 0.3 is 11.9 Å². The Hall–Kier alpha value is -4.02. The minimum atomic E-state index is -1.02. The fourth-order valence-electron chi connectivity index (χ4n) is 7.18. The topological polar surface area (TPSA) is 170 Å². The van der Waals surface area contributed by atoms with Gasteiger partial charge in [-0.3, -0.25) is 38.6 Å². The first-order valence-corrected chi connectivity index (χ1v) is 13.6. The molecule has 0 spiro atoms. The molecule has 6 unspecified atom stereocenters. The number of aryl methyl sites for hydroxylation is 1. The molecule has 1 aromatic carbocycles. The number of aliphatic carboxylic acids is 2. The molecule has 3 N–H and O–H groups in total. The van der Waals surface area contributed by atoms with Gasteiger partial charge in [0.1, 0.15) is 5.75 Å². The van der Waals surface area contributed by atoms with E-state index in [9.17, 15) is 33.9 Å². The molecule has 2 aliphatic heterocycles. The van der Waals surface area contributed by atoms with Gasteiger partial charge in [0.2, 0.25) is 23.6 Å². The Morgan fingerprint density at radius 2 is 1.40 bits per heavy atom. The van der Waals surface area contributed by atoms with E-state index >= 15 is 0 Å². The average molecular weight is 553 g/mol. The number of phenols is 1. The lowest BCUT2D eigenvalue weighted by Crippen LogP contribution is -2.43. The Labute approximate surface area is 230 Å². The summed E-state index contributed by atoms with van der Waals surface area (Å²) in [6.07, 6.45) is 2.36. The maximum Gasteiger partial charge on any atom is 0.303 e. The lowest BCUT2D eigenvalue weighted by Gasteiger charge is -2.44. The summed E-state index contributed by atoms with van der Waals surface area (Å²) in [5, 5.41) is 28.2. The molecule has 11 nitrogen and oxygen atoms in total. The van der Waals surface area contributed by atoms with Crippen LogP contribution in [-0.4, -0.2) is 73.8 Å². The number of allylic oxidation sites excluding steroid dienone is 2. The molecule has 2 aliphatic carbocycles. The van der Waals surface area contributed by atoms with E-state index in [1.54, 1.807) is 19.1 Å². The highest BCUT2D eigenvalue weighted by Gasteiger charge is 2.61. The zero-order valence-corrected chi connectivity index (χ0v) is 22.1. The van der Waals surface area contributed by atoms with E-state index in [2.05, 4.69) is 0 Å². The van der Waals surface area contributed by atoms with Crippen LogP contribution in [0.15, 0.2) is 29.8 Å². The number of likely N-dealkylation sites (tertiary alicyclic amines) is 2. The normalized spacial score (nSPS) is 29.3. The van der Waals surface area contributed by atoms with E-state index in [1.165, 1.54) is 6.07 Å². The van der Waals surface area contributed by atoms with Crippen LogP contribution in [0.4, 0.5) is 0 Å². The molecule has 1 aromatic rings. The number of carbonyl (C=O) groups excluding carboxylic acids is 4. The van der Waals surface area contributed by atoms with Crippen LogP contribution in [0, 0.1) is 36.5 Å². The van der Waals surface area contributed by atoms with E-state index < -0.39 is 53.4 Å². The standard InChI is InChI=1S/C29H32N2O9/c1-14-12-15(6-9-20(14)32)23-16-7-8-17-24(28(39)30(26(17)37)10-2-4-21(33)34)18(16)13-19-25(23)29(40)31(27(19)38)11-3-5-22(35)36/h6-7,9,12,17-19,23-25,32H,2-5,8,10-11,13H2,1H3,(H,33,34)(H,35,36). The number of hydrogen-bond acceptors (Lipinski definition) is 7. The Bertz CT molecular complexity index is 1330. The van der Waals surface area contributed by atoms with Crippen molar-refractivity contribution in [1.29, 1.82) is 0 Å². The van der Waals surface area contributed by atoms with Gasteiger partial charge in [-0.15, -0.1) is 0 Å². The average Bonchev–Trinajstić information content (AvgIpc) is 3.28. The van der Waals surface area contributed by atoms with Crippen LogP contribution in [0.2, 0.25) is 0 Å². The van der Waals surface area contributed by atoms with Crippen LogP contribution >= 0.6 is 0 Å². The number of benzene rings is 1. The van der Waals surface area contributed by atoms with Crippen LogP contribution in [0.5, 0.6) is 5.75 Å². The summed E-state index contributed by atoms with van der Waals surface area (Å²) >= 11 is 0. The molecule has 0 radical (unpaired) electrons. The van der Waals surface area contributed by atoms with Crippen molar-refractivity contribution in [3.8, 4) is 5.75 Å². The largest absolute Gasteiger partial charge is 0.508 e. The van der Waals surface area contributed by atoms with E-state index in [1.807, 2.05) is 6.08 Å². The molecule has 4 aliphatic rings. The number of carboxylic acids is 2. The maximum absolute atomic E-state index is 13.7. The molecule has 2 heterocycles. The monoisotopic (exact) mass is 552 g/mol. The number of carboxylic acid groups (broad SMARTS) is 2. The second-order valence-corrected chi connectivity index (χ2v) is 11.2. The molecular weight excluding hydrogens is 520 g/mol. The number of hydrogen-bond donors (Lipinski definition) is 3. The minimum absolute atomic E-state index is 0.0111. The second kappa shape index (κ2) is 10.5. The van der Waals surface area contributed by atoms with Crippen LogP contribution in [0.3, 0.4) is 0 Å². The first-order valence-electron chi connectivity index (χ1n) is 13.6. The molecule has 6 atom stereocenters. The van der Waals surface area contributed by atoms with Crippen molar-refractivity contribution in [2.75, 3.05) is 13.1 Å². The van der Waals surface area contributed by atoms with Crippen LogP contribution in [0.1, 0.15) is 55.6 Å². The highest BCUT2D eigenvalue weighted by atomic mass is 16.4. The fraction of sp³-hybridized carbons (Fsp3) is 0.517. The number of fused-ring (bicyclic) bond motifs is 4. The third-order valence-electron chi connectivity index (χ3n) is 8.96. The number of carbonyl (C=O) groups is 6. The van der Waals surface area contributed by atoms with E-state index in [-0.39, 0.29) is 68.7 Å². The Morgan fingerprint density at radius 1 is 0.825 bits per heavy atom. The molecule has 3 fully saturated rings. The minimum Gasteiger partial charge on any atom is -0.508 e. The van der Waals surface area contributed by atoms with E-state index in [0.717, 1.165) is 20.9 Å². The molecule has 0 aromatic heterocycles. The summed E-state index contributed by atoms with van der Waals surface area (Å²) in [6, 6.07) is 5.02. The molecule has 4 amide bonds. The lowest BCUT2D eigenvalue weighted by molar-refractivity contribution is -0.143. The van der Waals surface area contributed by atoms with E-state index in [4.69, 9.17) is 10.2 Å². The van der Waals surface area contributed by atoms with Crippen molar-refractivity contribution in [1.82, 2.24) is 9.80 Å². The Kier molecular flexibility index (Phi) is 7.24. The molecule has 212 valence electrons. The van der Waals surface area contributed by atoms with Gasteiger partial charge in [-0.05, 0) is 55.7 Å². The lowest BCUT2D eigenvalue weighted by atomic mass is 9.57. The quantitative estimate of drug-likeness (QED) is 0.307. The van der Waals surface area contributed by atoms with Gasteiger partial charge in [-0.1, -0.05) is 23.8 Å². The number of imide groups is 2. The van der Waals surface area contributed by atoms with Gasteiger partial charge in [-0.2, -0.15) is 0 Å². The van der Waals surface area contributed by atoms with Crippen molar-refractivity contribution in [2.24, 2.45) is 29.6 Å². The number of amides is 4. The molecule has 2 saturated heterocycles. The summed E-state index contributed by atoms with van der Waals surface area (Å²) in [6.45, 7) is 1.74. The summed E-state index contributed by atoms with van der Waals surface area (Å²) in [4.78, 5) is 78.4. The summed E-state index contributed by atoms with van der Waals surface area (Å²) in [5.41, 5.74) is 2.15. The predicted octanol–water partition coefficient (Wildman–Crippen LogP) is 2.07. The second-order valence-electron chi connectivity index (χ2n) is 11.2.